The lowest BCUT2D eigenvalue weighted by Gasteiger charge is -2.31. The van der Waals surface area contributed by atoms with E-state index < -0.39 is 5.56 Å². The molecule has 0 amide bonds. The van der Waals surface area contributed by atoms with Crippen molar-refractivity contribution in [2.75, 3.05) is 30.4 Å². The number of piperidine rings is 1. The fourth-order valence-electron chi connectivity index (χ4n) is 4.18. The number of imidazole rings is 1. The number of fused-ring (bicyclic) bond motifs is 1. The predicted octanol–water partition coefficient (Wildman–Crippen LogP) is 1.17. The SMILES string of the molecule is CC#CCn1c(N2CCCC(N)C2)nc2cnn(CC(=O)c3cccc(O)c3NC)c(=O)c21. The average molecular weight is 450 g/mol. The largest absolute Gasteiger partial charge is 0.506 e. The third-order valence-corrected chi connectivity index (χ3v) is 5.77. The van der Waals surface area contributed by atoms with Crippen LogP contribution in [-0.2, 0) is 13.1 Å². The zero-order valence-electron chi connectivity index (χ0n) is 18.7. The average Bonchev–Trinajstić information content (AvgIpc) is 3.18. The predicted molar refractivity (Wildman–Crippen MR) is 127 cm³/mol. The Kier molecular flexibility index (Phi) is 6.33. The summed E-state index contributed by atoms with van der Waals surface area (Å²) < 4.78 is 2.90. The minimum Gasteiger partial charge on any atom is -0.506 e. The molecule has 1 aliphatic heterocycles. The number of Topliss-reactive ketones (excluding diaryl/α,β-unsaturated/α-hetero) is 1. The monoisotopic (exact) mass is 449 g/mol. The van der Waals surface area contributed by atoms with Crippen LogP contribution in [-0.4, -0.2) is 56.4 Å². The quantitative estimate of drug-likeness (QED) is 0.290. The summed E-state index contributed by atoms with van der Waals surface area (Å²) in [6.45, 7) is 3.19. The number of carbonyl (C=O) groups is 1. The van der Waals surface area contributed by atoms with Crippen LogP contribution in [0.3, 0.4) is 0 Å². The number of hydrogen-bond donors (Lipinski definition) is 3. The molecule has 4 rings (SSSR count). The van der Waals surface area contributed by atoms with Gasteiger partial charge in [0.2, 0.25) is 5.95 Å². The minimum absolute atomic E-state index is 0.0419. The highest BCUT2D eigenvalue weighted by Gasteiger charge is 2.25. The maximum absolute atomic E-state index is 13.4. The molecule has 1 atom stereocenters. The van der Waals surface area contributed by atoms with Crippen LogP contribution in [0.15, 0.2) is 29.2 Å². The molecule has 0 bridgehead atoms. The summed E-state index contributed by atoms with van der Waals surface area (Å²) in [5, 5.41) is 17.0. The molecule has 10 heteroatoms. The number of aromatic nitrogens is 4. The first-order chi connectivity index (χ1) is 15.9. The van der Waals surface area contributed by atoms with E-state index in [4.69, 9.17) is 5.73 Å². The molecular formula is C23H27N7O3. The molecule has 1 saturated heterocycles. The van der Waals surface area contributed by atoms with Crippen molar-refractivity contribution in [1.29, 1.82) is 0 Å². The second kappa shape index (κ2) is 9.34. The Morgan fingerprint density at radius 1 is 1.39 bits per heavy atom. The van der Waals surface area contributed by atoms with Gasteiger partial charge in [-0.05, 0) is 31.9 Å². The van der Waals surface area contributed by atoms with Crippen molar-refractivity contribution >= 4 is 28.5 Å². The van der Waals surface area contributed by atoms with Crippen LogP contribution < -0.4 is 21.5 Å². The summed E-state index contributed by atoms with van der Waals surface area (Å²) in [5.74, 6) is 6.11. The van der Waals surface area contributed by atoms with Crippen molar-refractivity contribution < 1.29 is 9.90 Å². The molecule has 3 aromatic rings. The molecule has 0 saturated carbocycles. The Bertz CT molecular complexity index is 1320. The summed E-state index contributed by atoms with van der Waals surface area (Å²) in [5.41, 5.74) is 7.12. The standard InChI is InChI=1S/C23H27N7O3/c1-3-4-11-29-21-17(27-23(29)28-10-6-7-15(24)13-28)12-26-30(22(21)33)14-19(32)16-8-5-9-18(31)20(16)25-2/h5,8-9,12,15,25,31H,6-7,10-11,13-14,24H2,1-2H3. The Balaban J connectivity index is 1.76. The molecular weight excluding hydrogens is 422 g/mol. The molecule has 1 aromatic carbocycles. The Morgan fingerprint density at radius 3 is 2.94 bits per heavy atom. The molecule has 3 heterocycles. The highest BCUT2D eigenvalue weighted by Crippen LogP contribution is 2.27. The Hall–Kier alpha value is -3.84. The van der Waals surface area contributed by atoms with Gasteiger partial charge >= 0.3 is 0 Å². The van der Waals surface area contributed by atoms with E-state index in [2.05, 4.69) is 32.1 Å². The lowest BCUT2D eigenvalue weighted by Crippen LogP contribution is -2.44. The van der Waals surface area contributed by atoms with E-state index in [0.717, 1.165) is 24.1 Å². The highest BCUT2D eigenvalue weighted by atomic mass is 16.3. The van der Waals surface area contributed by atoms with Gasteiger partial charge in [-0.25, -0.2) is 9.67 Å². The number of nitrogens with zero attached hydrogens (tertiary/aromatic N) is 5. The van der Waals surface area contributed by atoms with Gasteiger partial charge in [-0.15, -0.1) is 5.92 Å². The molecule has 172 valence electrons. The summed E-state index contributed by atoms with van der Waals surface area (Å²) >= 11 is 0. The summed E-state index contributed by atoms with van der Waals surface area (Å²) in [6, 6.07) is 4.70. The smallest absolute Gasteiger partial charge is 0.293 e. The summed E-state index contributed by atoms with van der Waals surface area (Å²) in [6.07, 6.45) is 3.39. The lowest BCUT2D eigenvalue weighted by molar-refractivity contribution is 0.0966. The zero-order chi connectivity index (χ0) is 23.5. The number of phenols is 1. The van der Waals surface area contributed by atoms with Gasteiger partial charge in [-0.1, -0.05) is 12.0 Å². The topological polar surface area (TPSA) is 131 Å². The van der Waals surface area contributed by atoms with E-state index in [1.807, 2.05) is 0 Å². The van der Waals surface area contributed by atoms with Crippen LogP contribution in [0.4, 0.5) is 11.6 Å². The van der Waals surface area contributed by atoms with Crippen LogP contribution >= 0.6 is 0 Å². The van der Waals surface area contributed by atoms with Gasteiger partial charge in [0.15, 0.2) is 5.78 Å². The van der Waals surface area contributed by atoms with Crippen LogP contribution in [0.1, 0.15) is 30.1 Å². The van der Waals surface area contributed by atoms with E-state index in [1.54, 1.807) is 30.7 Å². The number of carbonyl (C=O) groups excluding carboxylic acids is 1. The van der Waals surface area contributed by atoms with Crippen molar-refractivity contribution in [3.8, 4) is 17.6 Å². The van der Waals surface area contributed by atoms with Crippen molar-refractivity contribution in [3.05, 3.63) is 40.3 Å². The maximum Gasteiger partial charge on any atom is 0.293 e. The van der Waals surface area contributed by atoms with Gasteiger partial charge in [-0.2, -0.15) is 5.10 Å². The number of rotatable bonds is 6. The number of nitrogens with one attached hydrogen (secondary N) is 1. The Labute approximate surface area is 191 Å². The maximum atomic E-state index is 13.4. The number of benzene rings is 1. The second-order valence-corrected chi connectivity index (χ2v) is 7.99. The number of para-hydroxylation sites is 1. The molecule has 0 aliphatic carbocycles. The number of nitrogens with two attached hydrogens (primary N) is 1. The van der Waals surface area contributed by atoms with Gasteiger partial charge in [-0.3, -0.25) is 14.2 Å². The van der Waals surface area contributed by atoms with E-state index in [-0.39, 0.29) is 36.2 Å². The van der Waals surface area contributed by atoms with E-state index in [0.29, 0.717) is 29.2 Å². The van der Waals surface area contributed by atoms with E-state index in [1.165, 1.54) is 12.3 Å². The second-order valence-electron chi connectivity index (χ2n) is 7.99. The first-order valence-electron chi connectivity index (χ1n) is 10.8. The van der Waals surface area contributed by atoms with Gasteiger partial charge < -0.3 is 21.1 Å². The van der Waals surface area contributed by atoms with Crippen molar-refractivity contribution in [2.45, 2.75) is 38.9 Å². The number of aromatic hydroxyl groups is 1. The fourth-order valence-corrected chi connectivity index (χ4v) is 4.18. The normalized spacial score (nSPS) is 15.8. The van der Waals surface area contributed by atoms with Gasteiger partial charge in [0, 0.05) is 31.7 Å². The van der Waals surface area contributed by atoms with Gasteiger partial charge in [0.05, 0.1) is 18.4 Å². The minimum atomic E-state index is -0.426. The third kappa shape index (κ3) is 4.27. The van der Waals surface area contributed by atoms with Crippen molar-refractivity contribution in [2.24, 2.45) is 5.73 Å². The molecule has 4 N–H and O–H groups in total. The first kappa shape index (κ1) is 22.4. The van der Waals surface area contributed by atoms with Gasteiger partial charge in [0.25, 0.3) is 5.56 Å². The molecule has 1 fully saturated rings. The number of phenolic OH excluding ortho intramolecular Hbond substituents is 1. The first-order valence-corrected chi connectivity index (χ1v) is 10.8. The molecule has 1 aliphatic rings. The van der Waals surface area contributed by atoms with E-state index >= 15 is 0 Å². The molecule has 10 nitrogen and oxygen atoms in total. The van der Waals surface area contributed by atoms with Crippen molar-refractivity contribution in [3.63, 3.8) is 0 Å². The molecule has 1 unspecified atom stereocenters. The molecule has 33 heavy (non-hydrogen) atoms. The number of hydrogen-bond acceptors (Lipinski definition) is 8. The molecule has 0 radical (unpaired) electrons. The van der Waals surface area contributed by atoms with Crippen LogP contribution in [0.25, 0.3) is 11.0 Å². The molecule has 2 aromatic heterocycles. The van der Waals surface area contributed by atoms with Crippen LogP contribution in [0, 0.1) is 11.8 Å². The lowest BCUT2D eigenvalue weighted by atomic mass is 10.1. The van der Waals surface area contributed by atoms with Crippen LogP contribution in [0.5, 0.6) is 5.75 Å². The van der Waals surface area contributed by atoms with Crippen molar-refractivity contribution in [1.82, 2.24) is 19.3 Å². The number of anilines is 2. The zero-order valence-corrected chi connectivity index (χ0v) is 18.7. The summed E-state index contributed by atoms with van der Waals surface area (Å²) in [7, 11) is 1.61. The van der Waals surface area contributed by atoms with E-state index in [9.17, 15) is 14.7 Å². The fraction of sp³-hybridized carbons (Fsp3) is 0.391. The highest BCUT2D eigenvalue weighted by molar-refractivity contribution is 6.02. The number of ketones is 1. The Morgan fingerprint density at radius 2 is 2.21 bits per heavy atom. The molecule has 0 spiro atoms. The summed E-state index contributed by atoms with van der Waals surface area (Å²) in [4.78, 5) is 33.1. The third-order valence-electron chi connectivity index (χ3n) is 5.77. The van der Waals surface area contributed by atoms with Crippen LogP contribution in [0.2, 0.25) is 0 Å². The van der Waals surface area contributed by atoms with Gasteiger partial charge in [0.1, 0.15) is 23.3 Å².